The lowest BCUT2D eigenvalue weighted by Crippen LogP contribution is -1.99. The molecule has 16 heavy (non-hydrogen) atoms. The lowest BCUT2D eigenvalue weighted by atomic mass is 10.3. The molecule has 84 valence electrons. The average molecular weight is 219 g/mol. The van der Waals surface area contributed by atoms with E-state index in [0.29, 0.717) is 12.4 Å². The smallest absolute Gasteiger partial charge is 0.148 e. The number of nitrogens with two attached hydrogens (primary N) is 1. The van der Waals surface area contributed by atoms with E-state index in [9.17, 15) is 0 Å². The number of hydrogen-bond donors (Lipinski definition) is 2. The van der Waals surface area contributed by atoms with E-state index in [1.807, 2.05) is 24.3 Å². The Kier molecular flexibility index (Phi) is 2.95. The Labute approximate surface area is 93.2 Å². The van der Waals surface area contributed by atoms with Crippen molar-refractivity contribution >= 4 is 5.82 Å². The minimum absolute atomic E-state index is 0.373. The molecule has 0 amide bonds. The zero-order chi connectivity index (χ0) is 11.4. The zero-order valence-corrected chi connectivity index (χ0v) is 8.93. The third-order valence-electron chi connectivity index (χ3n) is 2.19. The highest BCUT2D eigenvalue weighted by atomic mass is 16.5. The summed E-state index contributed by atoms with van der Waals surface area (Å²) in [6.45, 7) is 0.373. The maximum atomic E-state index is 5.61. The number of aromatic amines is 1. The lowest BCUT2D eigenvalue weighted by molar-refractivity contribution is 0.302. The Morgan fingerprint density at radius 1 is 1.25 bits per heavy atom. The second-order valence-electron chi connectivity index (χ2n) is 3.23. The molecule has 2 aromatic rings. The molecule has 0 bridgehead atoms. The maximum absolute atomic E-state index is 5.61. The molecule has 0 saturated heterocycles. The third-order valence-corrected chi connectivity index (χ3v) is 2.19. The van der Waals surface area contributed by atoms with Crippen LogP contribution in [-0.4, -0.2) is 17.1 Å². The van der Waals surface area contributed by atoms with Crippen LogP contribution in [0, 0.1) is 0 Å². The highest BCUT2D eigenvalue weighted by Crippen LogP contribution is 2.18. The molecule has 5 nitrogen and oxygen atoms in total. The van der Waals surface area contributed by atoms with Crippen LogP contribution in [-0.2, 0) is 6.61 Å². The monoisotopic (exact) mass is 219 g/mol. The van der Waals surface area contributed by atoms with Gasteiger partial charge in [0.05, 0.1) is 19.1 Å². The molecule has 0 spiro atoms. The lowest BCUT2D eigenvalue weighted by Gasteiger charge is -2.06. The fourth-order valence-corrected chi connectivity index (χ4v) is 1.27. The van der Waals surface area contributed by atoms with E-state index in [4.69, 9.17) is 15.2 Å². The number of aromatic nitrogens is 2. The molecule has 1 heterocycles. The van der Waals surface area contributed by atoms with Crippen molar-refractivity contribution in [2.75, 3.05) is 12.8 Å². The van der Waals surface area contributed by atoms with Crippen LogP contribution in [0.15, 0.2) is 30.6 Å². The van der Waals surface area contributed by atoms with Crippen LogP contribution < -0.4 is 15.2 Å². The molecule has 0 radical (unpaired) electrons. The summed E-state index contributed by atoms with van der Waals surface area (Å²) in [5, 5.41) is 0. The molecule has 3 N–H and O–H groups in total. The number of ether oxygens (including phenoxy) is 2. The van der Waals surface area contributed by atoms with Crippen molar-refractivity contribution < 1.29 is 9.47 Å². The van der Waals surface area contributed by atoms with Crippen molar-refractivity contribution in [1.82, 2.24) is 9.97 Å². The molecule has 0 aliphatic heterocycles. The number of nitrogens with one attached hydrogen (secondary N) is 1. The normalized spacial score (nSPS) is 10.1. The van der Waals surface area contributed by atoms with E-state index in [2.05, 4.69) is 9.97 Å². The van der Waals surface area contributed by atoms with Gasteiger partial charge in [-0.1, -0.05) is 0 Å². The van der Waals surface area contributed by atoms with Gasteiger partial charge >= 0.3 is 0 Å². The van der Waals surface area contributed by atoms with Crippen molar-refractivity contribution in [1.29, 1.82) is 0 Å². The molecule has 0 atom stereocenters. The quantitative estimate of drug-likeness (QED) is 0.818. The second-order valence-corrected chi connectivity index (χ2v) is 3.23. The second kappa shape index (κ2) is 4.57. The molecule has 0 aliphatic carbocycles. The van der Waals surface area contributed by atoms with Crippen LogP contribution in [0.4, 0.5) is 5.82 Å². The van der Waals surface area contributed by atoms with Crippen molar-refractivity contribution in [3.8, 4) is 11.5 Å². The minimum Gasteiger partial charge on any atom is -0.497 e. The Morgan fingerprint density at radius 2 is 1.94 bits per heavy atom. The molecule has 0 unspecified atom stereocenters. The summed E-state index contributed by atoms with van der Waals surface area (Å²) < 4.78 is 10.6. The summed E-state index contributed by atoms with van der Waals surface area (Å²) in [5.41, 5.74) is 6.38. The van der Waals surface area contributed by atoms with Gasteiger partial charge in [0.25, 0.3) is 0 Å². The molecular weight excluding hydrogens is 206 g/mol. The first-order valence-corrected chi connectivity index (χ1v) is 4.84. The topological polar surface area (TPSA) is 73.2 Å². The molecule has 0 aliphatic rings. The molecule has 0 fully saturated rings. The fraction of sp³-hybridized carbons (Fsp3) is 0.182. The Morgan fingerprint density at radius 3 is 2.50 bits per heavy atom. The summed E-state index contributed by atoms with van der Waals surface area (Å²) >= 11 is 0. The van der Waals surface area contributed by atoms with Gasteiger partial charge in [-0.3, -0.25) is 0 Å². The highest BCUT2D eigenvalue weighted by Gasteiger charge is 2.02. The highest BCUT2D eigenvalue weighted by molar-refractivity contribution is 5.34. The van der Waals surface area contributed by atoms with Crippen LogP contribution in [0.25, 0.3) is 0 Å². The summed E-state index contributed by atoms with van der Waals surface area (Å²) in [6.07, 6.45) is 1.54. The summed E-state index contributed by atoms with van der Waals surface area (Å²) in [4.78, 5) is 6.79. The zero-order valence-electron chi connectivity index (χ0n) is 8.93. The van der Waals surface area contributed by atoms with Crippen LogP contribution >= 0.6 is 0 Å². The Bertz CT molecular complexity index is 451. The van der Waals surface area contributed by atoms with E-state index >= 15 is 0 Å². The largest absolute Gasteiger partial charge is 0.497 e. The summed E-state index contributed by atoms with van der Waals surface area (Å²) in [5.74, 6) is 2.02. The SMILES string of the molecule is COc1ccc(OCc2[nH]cnc2N)cc1. The molecular formula is C11H13N3O2. The van der Waals surface area contributed by atoms with Gasteiger partial charge < -0.3 is 20.2 Å². The fourth-order valence-electron chi connectivity index (χ4n) is 1.27. The molecule has 0 saturated carbocycles. The first-order chi connectivity index (χ1) is 7.79. The van der Waals surface area contributed by atoms with E-state index in [1.54, 1.807) is 13.4 Å². The maximum Gasteiger partial charge on any atom is 0.148 e. The Balaban J connectivity index is 1.97. The predicted molar refractivity (Wildman–Crippen MR) is 60.3 cm³/mol. The number of hydrogen-bond acceptors (Lipinski definition) is 4. The molecule has 1 aromatic carbocycles. The minimum atomic E-state index is 0.373. The van der Waals surface area contributed by atoms with Gasteiger partial charge in [0.1, 0.15) is 23.9 Å². The molecule has 1 aromatic heterocycles. The van der Waals surface area contributed by atoms with Crippen LogP contribution in [0.2, 0.25) is 0 Å². The number of imidazole rings is 1. The number of benzene rings is 1. The van der Waals surface area contributed by atoms with Crippen molar-refractivity contribution in [3.05, 3.63) is 36.3 Å². The number of nitrogen functional groups attached to an aromatic ring is 1. The number of methoxy groups -OCH3 is 1. The van der Waals surface area contributed by atoms with Gasteiger partial charge in [-0.15, -0.1) is 0 Å². The van der Waals surface area contributed by atoms with Crippen molar-refractivity contribution in [2.24, 2.45) is 0 Å². The third kappa shape index (κ3) is 2.25. The molecule has 5 heteroatoms. The number of anilines is 1. The van der Waals surface area contributed by atoms with Crippen LogP contribution in [0.1, 0.15) is 5.69 Å². The standard InChI is InChI=1S/C11H13N3O2/c1-15-8-2-4-9(5-3-8)16-6-10-11(12)14-7-13-10/h2-5,7H,6,12H2,1H3,(H,13,14). The Hall–Kier alpha value is -2.17. The number of rotatable bonds is 4. The van der Waals surface area contributed by atoms with Gasteiger partial charge in [-0.25, -0.2) is 4.98 Å². The van der Waals surface area contributed by atoms with E-state index in [0.717, 1.165) is 17.2 Å². The number of nitrogens with zero attached hydrogens (tertiary/aromatic N) is 1. The average Bonchev–Trinajstić information content (AvgIpc) is 2.73. The number of H-pyrrole nitrogens is 1. The van der Waals surface area contributed by atoms with Crippen molar-refractivity contribution in [3.63, 3.8) is 0 Å². The van der Waals surface area contributed by atoms with Crippen LogP contribution in [0.3, 0.4) is 0 Å². The summed E-state index contributed by atoms with van der Waals surface area (Å²) in [6, 6.07) is 7.36. The van der Waals surface area contributed by atoms with Gasteiger partial charge in [0, 0.05) is 0 Å². The molecule has 2 rings (SSSR count). The van der Waals surface area contributed by atoms with Gasteiger partial charge in [-0.2, -0.15) is 0 Å². The van der Waals surface area contributed by atoms with E-state index < -0.39 is 0 Å². The first-order valence-electron chi connectivity index (χ1n) is 4.84. The van der Waals surface area contributed by atoms with E-state index in [-0.39, 0.29) is 0 Å². The first kappa shape index (κ1) is 10.4. The van der Waals surface area contributed by atoms with Crippen molar-refractivity contribution in [2.45, 2.75) is 6.61 Å². The van der Waals surface area contributed by atoms with Gasteiger partial charge in [0.15, 0.2) is 0 Å². The summed E-state index contributed by atoms with van der Waals surface area (Å²) in [7, 11) is 1.63. The van der Waals surface area contributed by atoms with Gasteiger partial charge in [0.2, 0.25) is 0 Å². The van der Waals surface area contributed by atoms with Gasteiger partial charge in [-0.05, 0) is 24.3 Å². The predicted octanol–water partition coefficient (Wildman–Crippen LogP) is 1.58. The van der Waals surface area contributed by atoms with Crippen LogP contribution in [0.5, 0.6) is 11.5 Å². The van der Waals surface area contributed by atoms with E-state index in [1.165, 1.54) is 0 Å².